The van der Waals surface area contributed by atoms with Gasteiger partial charge in [-0.15, -0.1) is 0 Å². The fraction of sp³-hybridized carbons (Fsp3) is 0.917. The zero-order chi connectivity index (χ0) is 10.8. The van der Waals surface area contributed by atoms with Crippen LogP contribution in [-0.4, -0.2) is 11.9 Å². The first-order valence-corrected chi connectivity index (χ1v) is 5.72. The van der Waals surface area contributed by atoms with E-state index in [1.165, 1.54) is 25.7 Å². The van der Waals surface area contributed by atoms with Gasteiger partial charge in [-0.2, -0.15) is 0 Å². The van der Waals surface area contributed by atoms with Crippen molar-refractivity contribution < 1.29 is 4.79 Å². The predicted molar refractivity (Wildman–Crippen MR) is 59.0 cm³/mol. The highest BCUT2D eigenvalue weighted by Crippen LogP contribution is 2.28. The van der Waals surface area contributed by atoms with Crippen molar-refractivity contribution in [3.05, 3.63) is 0 Å². The molecule has 0 aromatic carbocycles. The van der Waals surface area contributed by atoms with Crippen LogP contribution in [0.2, 0.25) is 0 Å². The summed E-state index contributed by atoms with van der Waals surface area (Å²) < 4.78 is 0. The summed E-state index contributed by atoms with van der Waals surface area (Å²) in [4.78, 5) is 11.7. The molecule has 0 heterocycles. The lowest BCUT2D eigenvalue weighted by molar-refractivity contribution is -0.129. The monoisotopic (exact) mass is 197 g/mol. The Balaban J connectivity index is 2.39. The van der Waals surface area contributed by atoms with Crippen molar-refractivity contribution in [3.63, 3.8) is 0 Å². The van der Waals surface area contributed by atoms with Gasteiger partial charge in [0.1, 0.15) is 0 Å². The third-order valence-corrected chi connectivity index (χ3v) is 3.15. The van der Waals surface area contributed by atoms with Crippen molar-refractivity contribution in [3.8, 4) is 0 Å². The summed E-state index contributed by atoms with van der Waals surface area (Å²) in [5.41, 5.74) is -0.257. The van der Waals surface area contributed by atoms with Crippen LogP contribution in [0.3, 0.4) is 0 Å². The van der Waals surface area contributed by atoms with Crippen LogP contribution >= 0.6 is 0 Å². The van der Waals surface area contributed by atoms with Gasteiger partial charge < -0.3 is 5.32 Å². The number of nitrogens with one attached hydrogen (secondary N) is 1. The molecule has 1 amide bonds. The fourth-order valence-corrected chi connectivity index (χ4v) is 2.00. The van der Waals surface area contributed by atoms with E-state index in [2.05, 4.69) is 12.2 Å². The topological polar surface area (TPSA) is 29.1 Å². The smallest absolute Gasteiger partial charge is 0.225 e. The molecular weight excluding hydrogens is 174 g/mol. The summed E-state index contributed by atoms with van der Waals surface area (Å²) in [6.07, 6.45) is 5.23. The molecule has 1 fully saturated rings. The molecule has 1 saturated carbocycles. The van der Waals surface area contributed by atoms with Crippen LogP contribution in [0.25, 0.3) is 0 Å². The van der Waals surface area contributed by atoms with E-state index in [4.69, 9.17) is 0 Å². The number of carbonyl (C=O) groups is 1. The summed E-state index contributed by atoms with van der Waals surface area (Å²) in [7, 11) is 0. The third-order valence-electron chi connectivity index (χ3n) is 3.15. The fourth-order valence-electron chi connectivity index (χ4n) is 2.00. The van der Waals surface area contributed by atoms with Gasteiger partial charge in [-0.05, 0) is 25.7 Å². The zero-order valence-corrected chi connectivity index (χ0v) is 9.89. The SMILES string of the molecule is CC(NC(=O)C(C)(C)C)C1CCCC1. The van der Waals surface area contributed by atoms with Crippen molar-refractivity contribution in [1.29, 1.82) is 0 Å². The molecule has 1 atom stereocenters. The van der Waals surface area contributed by atoms with E-state index in [9.17, 15) is 4.79 Å². The minimum atomic E-state index is -0.257. The Morgan fingerprint density at radius 2 is 1.79 bits per heavy atom. The summed E-state index contributed by atoms with van der Waals surface area (Å²) >= 11 is 0. The van der Waals surface area contributed by atoms with E-state index in [1.54, 1.807) is 0 Å². The highest BCUT2D eigenvalue weighted by Gasteiger charge is 2.27. The first-order chi connectivity index (χ1) is 6.41. The number of hydrogen-bond donors (Lipinski definition) is 1. The van der Waals surface area contributed by atoms with Crippen LogP contribution in [0.4, 0.5) is 0 Å². The van der Waals surface area contributed by atoms with E-state index in [1.807, 2.05) is 20.8 Å². The van der Waals surface area contributed by atoms with Gasteiger partial charge in [0.05, 0.1) is 0 Å². The van der Waals surface area contributed by atoms with Crippen molar-refractivity contribution in [2.75, 3.05) is 0 Å². The molecule has 1 rings (SSSR count). The second-order valence-corrected chi connectivity index (χ2v) is 5.56. The summed E-state index contributed by atoms with van der Waals surface area (Å²) in [5, 5.41) is 3.12. The number of hydrogen-bond acceptors (Lipinski definition) is 1. The molecule has 0 radical (unpaired) electrons. The van der Waals surface area contributed by atoms with E-state index in [-0.39, 0.29) is 11.3 Å². The Labute approximate surface area is 87.5 Å². The van der Waals surface area contributed by atoms with Crippen molar-refractivity contribution in [2.45, 2.75) is 59.4 Å². The molecule has 0 spiro atoms. The Morgan fingerprint density at radius 1 is 1.29 bits per heavy atom. The molecule has 82 valence electrons. The lowest BCUT2D eigenvalue weighted by Crippen LogP contribution is -2.43. The largest absolute Gasteiger partial charge is 0.353 e. The van der Waals surface area contributed by atoms with Gasteiger partial charge in [-0.1, -0.05) is 33.6 Å². The maximum absolute atomic E-state index is 11.7. The van der Waals surface area contributed by atoms with Crippen LogP contribution < -0.4 is 5.32 Å². The second-order valence-electron chi connectivity index (χ2n) is 5.56. The zero-order valence-electron chi connectivity index (χ0n) is 9.89. The van der Waals surface area contributed by atoms with Gasteiger partial charge >= 0.3 is 0 Å². The molecule has 1 unspecified atom stereocenters. The molecule has 0 aliphatic heterocycles. The van der Waals surface area contributed by atoms with Crippen molar-refractivity contribution >= 4 is 5.91 Å². The van der Waals surface area contributed by atoms with Crippen LogP contribution in [0.1, 0.15) is 53.4 Å². The molecule has 1 aliphatic carbocycles. The second kappa shape index (κ2) is 4.33. The lowest BCUT2D eigenvalue weighted by atomic mass is 9.93. The van der Waals surface area contributed by atoms with E-state index in [0.717, 1.165) is 0 Å². The van der Waals surface area contributed by atoms with Gasteiger partial charge in [0.15, 0.2) is 0 Å². The average molecular weight is 197 g/mol. The van der Waals surface area contributed by atoms with Gasteiger partial charge in [-0.3, -0.25) is 4.79 Å². The molecule has 2 heteroatoms. The Hall–Kier alpha value is -0.530. The predicted octanol–water partition coefficient (Wildman–Crippen LogP) is 2.73. The van der Waals surface area contributed by atoms with Crippen molar-refractivity contribution in [2.24, 2.45) is 11.3 Å². The van der Waals surface area contributed by atoms with Crippen LogP contribution in [-0.2, 0) is 4.79 Å². The third kappa shape index (κ3) is 3.00. The average Bonchev–Trinajstić information content (AvgIpc) is 2.53. The molecule has 1 aliphatic rings. The molecule has 0 bridgehead atoms. The van der Waals surface area contributed by atoms with Crippen LogP contribution in [0.5, 0.6) is 0 Å². The molecule has 2 nitrogen and oxygen atoms in total. The number of carbonyl (C=O) groups excluding carboxylic acids is 1. The molecule has 0 aromatic rings. The van der Waals surface area contributed by atoms with E-state index >= 15 is 0 Å². The Bertz CT molecular complexity index is 199. The minimum Gasteiger partial charge on any atom is -0.353 e. The van der Waals surface area contributed by atoms with Crippen LogP contribution in [0.15, 0.2) is 0 Å². The van der Waals surface area contributed by atoms with E-state index < -0.39 is 0 Å². The first-order valence-electron chi connectivity index (χ1n) is 5.72. The maximum atomic E-state index is 11.7. The lowest BCUT2D eigenvalue weighted by Gasteiger charge is -2.25. The van der Waals surface area contributed by atoms with Crippen LogP contribution in [0, 0.1) is 11.3 Å². The first kappa shape index (κ1) is 11.5. The molecule has 0 aromatic heterocycles. The quantitative estimate of drug-likeness (QED) is 0.724. The van der Waals surface area contributed by atoms with Gasteiger partial charge in [-0.25, -0.2) is 0 Å². The normalized spacial score (nSPS) is 20.9. The highest BCUT2D eigenvalue weighted by molar-refractivity contribution is 5.81. The summed E-state index contributed by atoms with van der Waals surface area (Å²) in [5.74, 6) is 0.887. The molecule has 0 saturated heterocycles. The van der Waals surface area contributed by atoms with Gasteiger partial charge in [0.2, 0.25) is 5.91 Å². The molecule has 1 N–H and O–H groups in total. The van der Waals surface area contributed by atoms with Crippen molar-refractivity contribution in [1.82, 2.24) is 5.32 Å². The Kier molecular flexibility index (Phi) is 3.57. The Morgan fingerprint density at radius 3 is 2.21 bits per heavy atom. The van der Waals surface area contributed by atoms with Gasteiger partial charge in [0, 0.05) is 11.5 Å². The summed E-state index contributed by atoms with van der Waals surface area (Å²) in [6.45, 7) is 8.02. The highest BCUT2D eigenvalue weighted by atomic mass is 16.2. The van der Waals surface area contributed by atoms with Gasteiger partial charge in [0.25, 0.3) is 0 Å². The molecular formula is C12H23NO. The number of amides is 1. The minimum absolute atomic E-state index is 0.178. The maximum Gasteiger partial charge on any atom is 0.225 e. The standard InChI is InChI=1S/C12H23NO/c1-9(10-7-5-6-8-10)13-11(14)12(2,3)4/h9-10H,5-8H2,1-4H3,(H,13,14). The molecule has 14 heavy (non-hydrogen) atoms. The van der Waals surface area contributed by atoms with E-state index in [0.29, 0.717) is 12.0 Å². The summed E-state index contributed by atoms with van der Waals surface area (Å²) in [6, 6.07) is 0.351. The number of rotatable bonds is 2.